The van der Waals surface area contributed by atoms with E-state index < -0.39 is 0 Å². The van der Waals surface area contributed by atoms with Gasteiger partial charge in [0.1, 0.15) is 12.0 Å². The minimum atomic E-state index is 0.00949. The molecule has 1 saturated heterocycles. The van der Waals surface area contributed by atoms with Gasteiger partial charge in [-0.1, -0.05) is 54.1 Å². The summed E-state index contributed by atoms with van der Waals surface area (Å²) in [5, 5.41) is 12.6. The molecule has 230 valence electrons. The van der Waals surface area contributed by atoms with Gasteiger partial charge in [-0.25, -0.2) is 0 Å². The zero-order chi connectivity index (χ0) is 30.9. The van der Waals surface area contributed by atoms with E-state index >= 15 is 0 Å². The first-order valence-electron chi connectivity index (χ1n) is 15.8. The van der Waals surface area contributed by atoms with Crippen LogP contribution in [0.3, 0.4) is 0 Å². The second-order valence-corrected chi connectivity index (χ2v) is 12.1. The third-order valence-electron chi connectivity index (χ3n) is 8.92. The average molecular weight is 593 g/mol. The Bertz CT molecular complexity index is 1470. The van der Waals surface area contributed by atoms with E-state index in [0.717, 1.165) is 85.5 Å². The summed E-state index contributed by atoms with van der Waals surface area (Å²) in [6, 6.07) is 16.7. The normalized spacial score (nSPS) is 17.7. The lowest BCUT2D eigenvalue weighted by molar-refractivity contribution is 0.0450. The molecule has 1 atom stereocenters. The molecule has 1 fully saturated rings. The van der Waals surface area contributed by atoms with Gasteiger partial charge in [0.05, 0.1) is 11.6 Å². The number of nitrogens with zero attached hydrogens (tertiary/aromatic N) is 3. The maximum absolute atomic E-state index is 12.9. The Morgan fingerprint density at radius 2 is 1.91 bits per heavy atom. The number of carbonyl (C=O) groups excluding carboxylic acids is 1. The van der Waals surface area contributed by atoms with Crippen LogP contribution in [0, 0.1) is 25.2 Å². The quantitative estimate of drug-likeness (QED) is 0.303. The molecule has 44 heavy (non-hydrogen) atoms. The summed E-state index contributed by atoms with van der Waals surface area (Å²) >= 11 is 0. The Kier molecular flexibility index (Phi) is 10.6. The first kappa shape index (κ1) is 31.2. The largest absolute Gasteiger partial charge is 0.464 e. The summed E-state index contributed by atoms with van der Waals surface area (Å²) in [6.07, 6.45) is 15.6. The zero-order valence-corrected chi connectivity index (χ0v) is 26.2. The van der Waals surface area contributed by atoms with Crippen molar-refractivity contribution < 1.29 is 14.3 Å². The molecule has 0 radical (unpaired) electrons. The lowest BCUT2D eigenvalue weighted by Crippen LogP contribution is -2.48. The maximum atomic E-state index is 12.9. The Hall–Kier alpha value is -4.28. The van der Waals surface area contributed by atoms with Gasteiger partial charge in [0.15, 0.2) is 6.26 Å². The Labute approximate surface area is 262 Å². The van der Waals surface area contributed by atoms with Gasteiger partial charge in [-0.3, -0.25) is 4.79 Å². The van der Waals surface area contributed by atoms with Crippen molar-refractivity contribution in [3.05, 3.63) is 118 Å². The van der Waals surface area contributed by atoms with Crippen LogP contribution < -0.4 is 5.32 Å². The number of nitriles is 1. The van der Waals surface area contributed by atoms with E-state index in [-0.39, 0.29) is 11.9 Å². The standard InChI is InChI=1S/C37H44N4O3/c1-27-9-7-10-28(2)36(27)37(42)39-18-15-29(3)40-19-16-33(17-20-40)41(24-32-14-8-13-31(21-32)23-38)35-26-43-25-34(44-35)22-30-11-5-4-6-12-30/h4-5,7-11,13-14,21,25-26,29,33H,6,12,15-20,22,24H2,1-3H3,(H,39,42). The van der Waals surface area contributed by atoms with Gasteiger partial charge >= 0.3 is 0 Å². The number of rotatable bonds is 11. The van der Waals surface area contributed by atoms with Crippen LogP contribution in [0.1, 0.15) is 78.1 Å². The van der Waals surface area contributed by atoms with Crippen LogP contribution >= 0.6 is 0 Å². The first-order chi connectivity index (χ1) is 21.4. The van der Waals surface area contributed by atoms with Crippen molar-refractivity contribution >= 4 is 5.91 Å². The van der Waals surface area contributed by atoms with Gasteiger partial charge in [0, 0.05) is 50.2 Å². The summed E-state index contributed by atoms with van der Waals surface area (Å²) in [5.41, 5.74) is 5.87. The van der Waals surface area contributed by atoms with E-state index in [1.807, 2.05) is 50.2 Å². The predicted octanol–water partition coefficient (Wildman–Crippen LogP) is 7.00. The molecular weight excluding hydrogens is 548 g/mol. The molecule has 2 aliphatic heterocycles. The van der Waals surface area contributed by atoms with Crippen LogP contribution in [-0.2, 0) is 16.0 Å². The number of hydrogen-bond acceptors (Lipinski definition) is 6. The van der Waals surface area contributed by atoms with Crippen LogP contribution in [0.5, 0.6) is 0 Å². The van der Waals surface area contributed by atoms with Gasteiger partial charge < -0.3 is 24.6 Å². The van der Waals surface area contributed by atoms with Crippen LogP contribution in [0.4, 0.5) is 0 Å². The van der Waals surface area contributed by atoms with Crippen molar-refractivity contribution in [3.63, 3.8) is 0 Å². The third kappa shape index (κ3) is 8.00. The number of benzene rings is 2. The highest BCUT2D eigenvalue weighted by molar-refractivity contribution is 5.97. The van der Waals surface area contributed by atoms with Crippen LogP contribution in [0.15, 0.2) is 90.4 Å². The van der Waals surface area contributed by atoms with Crippen molar-refractivity contribution in [2.24, 2.45) is 0 Å². The highest BCUT2D eigenvalue weighted by atomic mass is 16.6. The summed E-state index contributed by atoms with van der Waals surface area (Å²) in [6.45, 7) is 9.43. The Balaban J connectivity index is 1.19. The highest BCUT2D eigenvalue weighted by Gasteiger charge is 2.30. The smallest absolute Gasteiger partial charge is 0.251 e. The van der Waals surface area contributed by atoms with Gasteiger partial charge in [0.2, 0.25) is 5.88 Å². The number of carbonyl (C=O) groups is 1. The maximum Gasteiger partial charge on any atom is 0.251 e. The lowest BCUT2D eigenvalue weighted by Gasteiger charge is -2.42. The van der Waals surface area contributed by atoms with Crippen molar-refractivity contribution in [2.45, 2.75) is 77.9 Å². The number of aryl methyl sites for hydroxylation is 2. The number of hydrogen-bond donors (Lipinski definition) is 1. The average Bonchev–Trinajstić information content (AvgIpc) is 3.04. The summed E-state index contributed by atoms with van der Waals surface area (Å²) in [5.74, 6) is 1.54. The molecule has 1 aliphatic carbocycles. The van der Waals surface area contributed by atoms with E-state index in [4.69, 9.17) is 9.47 Å². The number of allylic oxidation sites excluding steroid dienone is 4. The van der Waals surface area contributed by atoms with E-state index in [1.165, 1.54) is 5.57 Å². The van der Waals surface area contributed by atoms with Gasteiger partial charge in [0.25, 0.3) is 5.91 Å². The lowest BCUT2D eigenvalue weighted by atomic mass is 9.99. The molecule has 1 amide bonds. The van der Waals surface area contributed by atoms with E-state index in [0.29, 0.717) is 24.7 Å². The minimum absolute atomic E-state index is 0.00949. The van der Waals surface area contributed by atoms with E-state index in [9.17, 15) is 10.1 Å². The SMILES string of the molecule is Cc1cccc(C)c1C(=O)NCCC(C)N1CCC(N(Cc2cccc(C#N)c2)C2=COC=C(CC3=CC=CCC3)O2)CC1. The van der Waals surface area contributed by atoms with Crippen LogP contribution in [0.2, 0.25) is 0 Å². The van der Waals surface area contributed by atoms with Gasteiger partial charge in [-0.05, 0) is 81.7 Å². The van der Waals surface area contributed by atoms with E-state index in [1.54, 1.807) is 12.5 Å². The molecule has 7 heteroatoms. The molecule has 1 unspecified atom stereocenters. The molecular formula is C37H44N4O3. The fourth-order valence-electron chi connectivity index (χ4n) is 6.38. The number of piperidine rings is 1. The Morgan fingerprint density at radius 1 is 1.14 bits per heavy atom. The number of ether oxygens (including phenoxy) is 2. The summed E-state index contributed by atoms with van der Waals surface area (Å²) in [7, 11) is 0. The molecule has 3 aliphatic rings. The monoisotopic (exact) mass is 592 g/mol. The second kappa shape index (κ2) is 14.9. The molecule has 5 rings (SSSR count). The van der Waals surface area contributed by atoms with Crippen molar-refractivity contribution in [1.82, 2.24) is 15.1 Å². The molecule has 2 heterocycles. The molecule has 2 aromatic rings. The number of likely N-dealkylation sites (tertiary alicyclic amines) is 1. The number of nitrogens with one attached hydrogen (secondary N) is 1. The van der Waals surface area contributed by atoms with Crippen LogP contribution in [0.25, 0.3) is 0 Å². The minimum Gasteiger partial charge on any atom is -0.464 e. The highest BCUT2D eigenvalue weighted by Crippen LogP contribution is 2.31. The second-order valence-electron chi connectivity index (χ2n) is 12.1. The topological polar surface area (TPSA) is 77.8 Å². The van der Waals surface area contributed by atoms with Crippen LogP contribution in [-0.4, -0.2) is 47.4 Å². The predicted molar refractivity (Wildman–Crippen MR) is 173 cm³/mol. The Morgan fingerprint density at radius 3 is 2.64 bits per heavy atom. The molecule has 0 bridgehead atoms. The number of amides is 1. The third-order valence-corrected chi connectivity index (χ3v) is 8.92. The van der Waals surface area contributed by atoms with E-state index in [2.05, 4.69) is 52.4 Å². The molecule has 7 nitrogen and oxygen atoms in total. The van der Waals surface area contributed by atoms with Crippen molar-refractivity contribution in [2.75, 3.05) is 19.6 Å². The summed E-state index contributed by atoms with van der Waals surface area (Å²) < 4.78 is 12.3. The molecule has 1 N–H and O–H groups in total. The van der Waals surface area contributed by atoms with Gasteiger partial charge in [-0.2, -0.15) is 5.26 Å². The molecule has 0 aromatic heterocycles. The van der Waals surface area contributed by atoms with Gasteiger partial charge in [-0.15, -0.1) is 0 Å². The molecule has 0 spiro atoms. The molecule has 0 saturated carbocycles. The van der Waals surface area contributed by atoms with Crippen molar-refractivity contribution in [3.8, 4) is 6.07 Å². The van der Waals surface area contributed by atoms with Crippen molar-refractivity contribution in [1.29, 1.82) is 5.26 Å². The first-order valence-corrected chi connectivity index (χ1v) is 15.8. The fraction of sp³-hybridized carbons (Fsp3) is 0.405. The fourth-order valence-corrected chi connectivity index (χ4v) is 6.38. The zero-order valence-electron chi connectivity index (χ0n) is 26.2. The summed E-state index contributed by atoms with van der Waals surface area (Å²) in [4.78, 5) is 17.7. The molecule has 2 aromatic carbocycles.